The van der Waals surface area contributed by atoms with Gasteiger partial charge in [0.05, 0.1) is 4.70 Å². The molecule has 0 saturated heterocycles. The monoisotopic (exact) mass is 372 g/mol. The zero-order valence-electron chi connectivity index (χ0n) is 12.6. The SMILES string of the molecule is CCCCCCCCCCc1c(C)sc2c(Br)csc12. The lowest BCUT2D eigenvalue weighted by Crippen LogP contribution is -1.86. The Morgan fingerprint density at radius 3 is 2.30 bits per heavy atom. The Hall–Kier alpha value is 0.140. The molecule has 0 amide bonds. The maximum Gasteiger partial charge on any atom is 0.0598 e. The highest BCUT2D eigenvalue weighted by Crippen LogP contribution is 2.41. The van der Waals surface area contributed by atoms with Crippen LogP contribution in [-0.2, 0) is 6.42 Å². The largest absolute Gasteiger partial charge is 0.141 e. The van der Waals surface area contributed by atoms with Gasteiger partial charge in [-0.3, -0.25) is 0 Å². The molecule has 0 aliphatic rings. The van der Waals surface area contributed by atoms with Crippen LogP contribution in [0.3, 0.4) is 0 Å². The van der Waals surface area contributed by atoms with Crippen LogP contribution in [0.1, 0.15) is 68.7 Å². The molecule has 0 radical (unpaired) electrons. The van der Waals surface area contributed by atoms with Gasteiger partial charge in [0.1, 0.15) is 0 Å². The second-order valence-electron chi connectivity index (χ2n) is 5.60. The molecular weight excluding hydrogens is 348 g/mol. The Labute approximate surface area is 139 Å². The van der Waals surface area contributed by atoms with Crippen molar-refractivity contribution in [2.45, 2.75) is 71.6 Å². The van der Waals surface area contributed by atoms with Crippen molar-refractivity contribution in [1.29, 1.82) is 0 Å². The molecule has 3 heteroatoms. The van der Waals surface area contributed by atoms with Crippen LogP contribution in [0, 0.1) is 6.92 Å². The highest BCUT2D eigenvalue weighted by atomic mass is 79.9. The maximum atomic E-state index is 3.66. The zero-order valence-corrected chi connectivity index (χ0v) is 15.9. The normalized spacial score (nSPS) is 11.6. The summed E-state index contributed by atoms with van der Waals surface area (Å²) in [7, 11) is 0. The molecule has 0 spiro atoms. The van der Waals surface area contributed by atoms with Gasteiger partial charge >= 0.3 is 0 Å². The highest BCUT2D eigenvalue weighted by Gasteiger charge is 2.12. The van der Waals surface area contributed by atoms with Crippen LogP contribution in [0.2, 0.25) is 0 Å². The average Bonchev–Trinajstić information content (AvgIpc) is 2.94. The first-order valence-electron chi connectivity index (χ1n) is 7.89. The molecule has 0 atom stereocenters. The standard InChI is InChI=1S/C17H25BrS2/c1-3-4-5-6-7-8-9-10-11-14-13(2)20-17-15(18)12-19-16(14)17/h12H,3-11H2,1-2H3. The van der Waals surface area contributed by atoms with E-state index in [2.05, 4.69) is 35.2 Å². The van der Waals surface area contributed by atoms with Crippen molar-refractivity contribution in [2.24, 2.45) is 0 Å². The lowest BCUT2D eigenvalue weighted by Gasteiger charge is -2.02. The van der Waals surface area contributed by atoms with E-state index in [-0.39, 0.29) is 0 Å². The van der Waals surface area contributed by atoms with Gasteiger partial charge in [-0.2, -0.15) is 0 Å². The van der Waals surface area contributed by atoms with Gasteiger partial charge in [-0.1, -0.05) is 51.9 Å². The van der Waals surface area contributed by atoms with E-state index < -0.39 is 0 Å². The van der Waals surface area contributed by atoms with E-state index >= 15 is 0 Å². The van der Waals surface area contributed by atoms with Crippen molar-refractivity contribution in [1.82, 2.24) is 0 Å². The van der Waals surface area contributed by atoms with E-state index in [0.29, 0.717) is 0 Å². The average molecular weight is 373 g/mol. The van der Waals surface area contributed by atoms with Crippen molar-refractivity contribution in [3.8, 4) is 0 Å². The van der Waals surface area contributed by atoms with Crippen molar-refractivity contribution in [2.75, 3.05) is 0 Å². The lowest BCUT2D eigenvalue weighted by atomic mass is 10.0. The van der Waals surface area contributed by atoms with Gasteiger partial charge in [-0.25, -0.2) is 0 Å². The van der Waals surface area contributed by atoms with Crippen LogP contribution in [0.15, 0.2) is 9.85 Å². The summed E-state index contributed by atoms with van der Waals surface area (Å²) in [5.74, 6) is 0. The first-order chi connectivity index (χ1) is 9.74. The topological polar surface area (TPSA) is 0 Å². The summed E-state index contributed by atoms with van der Waals surface area (Å²) in [6.07, 6.45) is 12.5. The van der Waals surface area contributed by atoms with Crippen LogP contribution >= 0.6 is 38.6 Å². The number of fused-ring (bicyclic) bond motifs is 1. The number of unbranched alkanes of at least 4 members (excludes halogenated alkanes) is 7. The molecule has 2 heterocycles. The van der Waals surface area contributed by atoms with Gasteiger partial charge in [0.25, 0.3) is 0 Å². The minimum Gasteiger partial charge on any atom is -0.141 e. The Balaban J connectivity index is 1.72. The third-order valence-electron chi connectivity index (χ3n) is 3.94. The molecule has 0 nitrogen and oxygen atoms in total. The summed E-state index contributed by atoms with van der Waals surface area (Å²) in [6.45, 7) is 4.57. The Morgan fingerprint density at radius 1 is 0.950 bits per heavy atom. The molecular formula is C17H25BrS2. The Bertz CT molecular complexity index is 524. The fourth-order valence-corrected chi connectivity index (χ4v) is 5.95. The molecule has 20 heavy (non-hydrogen) atoms. The minimum absolute atomic E-state index is 1.27. The van der Waals surface area contributed by atoms with Gasteiger partial charge in [0.2, 0.25) is 0 Å². The first-order valence-corrected chi connectivity index (χ1v) is 10.4. The van der Waals surface area contributed by atoms with Crippen LogP contribution < -0.4 is 0 Å². The van der Waals surface area contributed by atoms with Crippen molar-refractivity contribution in [3.63, 3.8) is 0 Å². The maximum absolute atomic E-state index is 3.66. The second kappa shape index (κ2) is 8.55. The van der Waals surface area contributed by atoms with Crippen LogP contribution in [0.25, 0.3) is 9.40 Å². The number of thiophene rings is 2. The van der Waals surface area contributed by atoms with Gasteiger partial charge in [-0.05, 0) is 41.3 Å². The first kappa shape index (κ1) is 16.5. The molecule has 112 valence electrons. The van der Waals surface area contributed by atoms with Crippen molar-refractivity contribution < 1.29 is 0 Å². The number of hydrogen-bond acceptors (Lipinski definition) is 2. The predicted molar refractivity (Wildman–Crippen MR) is 98.5 cm³/mol. The Morgan fingerprint density at radius 2 is 1.60 bits per heavy atom. The molecule has 2 rings (SSSR count). The summed E-state index contributed by atoms with van der Waals surface area (Å²) < 4.78 is 4.28. The molecule has 0 bridgehead atoms. The van der Waals surface area contributed by atoms with E-state index in [1.54, 1.807) is 5.56 Å². The minimum atomic E-state index is 1.27. The van der Waals surface area contributed by atoms with Crippen LogP contribution in [-0.4, -0.2) is 0 Å². The second-order valence-corrected chi connectivity index (χ2v) is 8.56. The van der Waals surface area contributed by atoms with E-state index in [1.807, 2.05) is 22.7 Å². The third kappa shape index (κ3) is 4.32. The van der Waals surface area contributed by atoms with E-state index in [1.165, 1.54) is 76.5 Å². The Kier molecular flexibility index (Phi) is 7.06. The number of hydrogen-bond donors (Lipinski definition) is 0. The van der Waals surface area contributed by atoms with Gasteiger partial charge < -0.3 is 0 Å². The molecule has 0 unspecified atom stereocenters. The van der Waals surface area contributed by atoms with E-state index in [9.17, 15) is 0 Å². The van der Waals surface area contributed by atoms with Crippen LogP contribution in [0.4, 0.5) is 0 Å². The lowest BCUT2D eigenvalue weighted by molar-refractivity contribution is 0.576. The zero-order chi connectivity index (χ0) is 14.4. The number of rotatable bonds is 9. The molecule has 0 N–H and O–H groups in total. The van der Waals surface area contributed by atoms with Crippen molar-refractivity contribution >= 4 is 48.0 Å². The summed E-state index contributed by atoms with van der Waals surface area (Å²) in [5, 5.41) is 2.23. The van der Waals surface area contributed by atoms with Gasteiger partial charge in [-0.15, -0.1) is 22.7 Å². The molecule has 0 aromatic carbocycles. The fourth-order valence-electron chi connectivity index (χ4n) is 2.73. The molecule has 2 aromatic heterocycles. The number of aryl methyl sites for hydroxylation is 2. The quantitative estimate of drug-likeness (QED) is 0.395. The fraction of sp³-hybridized carbons (Fsp3) is 0.647. The third-order valence-corrected chi connectivity index (χ3v) is 7.48. The summed E-state index contributed by atoms with van der Waals surface area (Å²) in [5.41, 5.74) is 1.62. The summed E-state index contributed by atoms with van der Waals surface area (Å²) in [4.78, 5) is 1.52. The summed E-state index contributed by atoms with van der Waals surface area (Å²) >= 11 is 7.51. The van der Waals surface area contributed by atoms with Crippen LogP contribution in [0.5, 0.6) is 0 Å². The van der Waals surface area contributed by atoms with Gasteiger partial charge in [0.15, 0.2) is 0 Å². The molecule has 0 aliphatic heterocycles. The van der Waals surface area contributed by atoms with Crippen molar-refractivity contribution in [3.05, 3.63) is 20.3 Å². The van der Waals surface area contributed by atoms with Gasteiger partial charge in [0, 0.05) is 19.4 Å². The highest BCUT2D eigenvalue weighted by molar-refractivity contribution is 9.10. The predicted octanol–water partition coefficient (Wildman–Crippen LogP) is 7.72. The van der Waals surface area contributed by atoms with E-state index in [4.69, 9.17) is 0 Å². The molecule has 2 aromatic rings. The summed E-state index contributed by atoms with van der Waals surface area (Å²) in [6, 6.07) is 0. The smallest absolute Gasteiger partial charge is 0.0598 e. The molecule has 0 fully saturated rings. The molecule has 0 saturated carbocycles. The molecule has 0 aliphatic carbocycles. The van der Waals surface area contributed by atoms with E-state index in [0.717, 1.165) is 0 Å². The number of halogens is 1.